The summed E-state index contributed by atoms with van der Waals surface area (Å²) < 4.78 is 21.2. The lowest BCUT2D eigenvalue weighted by Gasteiger charge is -2.19. The minimum absolute atomic E-state index is 0.0483. The third-order valence-corrected chi connectivity index (χ3v) is 4.64. The maximum atomic E-state index is 12.6. The Hall–Kier alpha value is -3.33. The number of nitrogens with zero attached hydrogens (tertiary/aromatic N) is 1. The first-order valence-corrected chi connectivity index (χ1v) is 10.2. The Morgan fingerprint density at radius 1 is 1.00 bits per heavy atom. The van der Waals surface area contributed by atoms with Crippen molar-refractivity contribution < 1.29 is 28.7 Å². The van der Waals surface area contributed by atoms with Gasteiger partial charge in [0.2, 0.25) is 0 Å². The van der Waals surface area contributed by atoms with Crippen molar-refractivity contribution >= 4 is 11.6 Å². The van der Waals surface area contributed by atoms with Crippen LogP contribution in [0.3, 0.4) is 0 Å². The number of carbonyl (C=O) groups excluding carboxylic acids is 1. The van der Waals surface area contributed by atoms with Crippen molar-refractivity contribution in [3.05, 3.63) is 57.6 Å². The van der Waals surface area contributed by atoms with Crippen molar-refractivity contribution in [1.82, 2.24) is 5.32 Å². The van der Waals surface area contributed by atoms with E-state index < -0.39 is 10.8 Å². The predicted molar refractivity (Wildman–Crippen MR) is 120 cm³/mol. The van der Waals surface area contributed by atoms with Gasteiger partial charge in [0.25, 0.3) is 11.6 Å². The van der Waals surface area contributed by atoms with Crippen LogP contribution in [-0.4, -0.2) is 51.4 Å². The summed E-state index contributed by atoms with van der Waals surface area (Å²) in [7, 11) is 2.91. The minimum atomic E-state index is -0.634. The molecule has 0 aliphatic carbocycles. The Morgan fingerprint density at radius 2 is 1.69 bits per heavy atom. The topological polar surface area (TPSA) is 109 Å². The standard InChI is InChI=1S/C23H30N2O7/c1-23(2,3)16-6-8-17(9-7-16)31-11-10-24-22(26)18-14-20(30-5)21(32-13-12-29-4)15-19(18)25(27)28/h6-9,14-15H,10-13H2,1-5H3,(H,24,26). The van der Waals surface area contributed by atoms with Crippen LogP contribution in [0.4, 0.5) is 5.69 Å². The molecule has 0 unspecified atom stereocenters. The zero-order valence-corrected chi connectivity index (χ0v) is 19.1. The van der Waals surface area contributed by atoms with E-state index in [4.69, 9.17) is 18.9 Å². The second-order valence-electron chi connectivity index (χ2n) is 8.00. The van der Waals surface area contributed by atoms with Crippen LogP contribution in [0.15, 0.2) is 36.4 Å². The maximum Gasteiger partial charge on any atom is 0.286 e. The van der Waals surface area contributed by atoms with E-state index in [0.29, 0.717) is 12.4 Å². The van der Waals surface area contributed by atoms with Crippen molar-refractivity contribution in [2.24, 2.45) is 0 Å². The van der Waals surface area contributed by atoms with Crippen molar-refractivity contribution in [3.63, 3.8) is 0 Å². The van der Waals surface area contributed by atoms with Crippen LogP contribution in [0.2, 0.25) is 0 Å². The van der Waals surface area contributed by atoms with Gasteiger partial charge in [-0.05, 0) is 23.1 Å². The Bertz CT molecular complexity index is 921. The molecule has 2 rings (SSSR count). The molecule has 2 aromatic rings. The van der Waals surface area contributed by atoms with E-state index in [1.165, 1.54) is 31.9 Å². The lowest BCUT2D eigenvalue weighted by Crippen LogP contribution is -2.28. The molecule has 1 N–H and O–H groups in total. The summed E-state index contributed by atoms with van der Waals surface area (Å²) in [5.41, 5.74) is 0.732. The second kappa shape index (κ2) is 11.3. The lowest BCUT2D eigenvalue weighted by atomic mass is 9.87. The number of rotatable bonds is 11. The maximum absolute atomic E-state index is 12.6. The van der Waals surface area contributed by atoms with E-state index in [1.54, 1.807) is 0 Å². The highest BCUT2D eigenvalue weighted by atomic mass is 16.6. The van der Waals surface area contributed by atoms with Gasteiger partial charge in [0, 0.05) is 13.2 Å². The summed E-state index contributed by atoms with van der Waals surface area (Å²) in [5.74, 6) is 0.449. The van der Waals surface area contributed by atoms with Crippen LogP contribution in [-0.2, 0) is 10.2 Å². The molecule has 9 nitrogen and oxygen atoms in total. The third-order valence-electron chi connectivity index (χ3n) is 4.64. The number of nitro benzene ring substituents is 1. The molecule has 0 aromatic heterocycles. The highest BCUT2D eigenvalue weighted by molar-refractivity contribution is 5.99. The summed E-state index contributed by atoms with van der Waals surface area (Å²) >= 11 is 0. The monoisotopic (exact) mass is 446 g/mol. The Labute approximate surface area is 187 Å². The summed E-state index contributed by atoms with van der Waals surface area (Å²) in [6, 6.07) is 10.2. The summed E-state index contributed by atoms with van der Waals surface area (Å²) in [6.07, 6.45) is 0. The van der Waals surface area contributed by atoms with Gasteiger partial charge in [-0.3, -0.25) is 14.9 Å². The number of ether oxygens (including phenoxy) is 4. The Balaban J connectivity index is 2.01. The first-order chi connectivity index (χ1) is 15.2. The van der Waals surface area contributed by atoms with Crippen LogP contribution < -0.4 is 19.5 Å². The number of nitrogens with one attached hydrogen (secondary N) is 1. The molecule has 0 saturated heterocycles. The zero-order valence-electron chi connectivity index (χ0n) is 19.1. The molecule has 0 bridgehead atoms. The molecule has 0 saturated carbocycles. The van der Waals surface area contributed by atoms with E-state index in [2.05, 4.69) is 26.1 Å². The number of hydrogen-bond donors (Lipinski definition) is 1. The number of amides is 1. The fourth-order valence-corrected chi connectivity index (χ4v) is 2.87. The van der Waals surface area contributed by atoms with Crippen LogP contribution in [0.25, 0.3) is 0 Å². The van der Waals surface area contributed by atoms with Crippen LogP contribution in [0.5, 0.6) is 17.2 Å². The fraction of sp³-hybridized carbons (Fsp3) is 0.435. The predicted octanol–water partition coefficient (Wildman–Crippen LogP) is 3.73. The summed E-state index contributed by atoms with van der Waals surface area (Å²) in [5, 5.41) is 14.1. The first kappa shape index (κ1) is 24.9. The molecule has 0 radical (unpaired) electrons. The van der Waals surface area contributed by atoms with E-state index in [0.717, 1.165) is 0 Å². The lowest BCUT2D eigenvalue weighted by molar-refractivity contribution is -0.385. The third kappa shape index (κ3) is 6.84. The molecule has 0 aliphatic heterocycles. The fourth-order valence-electron chi connectivity index (χ4n) is 2.87. The number of methoxy groups -OCH3 is 2. The highest BCUT2D eigenvalue weighted by Crippen LogP contribution is 2.34. The molecule has 1 amide bonds. The van der Waals surface area contributed by atoms with Gasteiger partial charge in [-0.2, -0.15) is 0 Å². The molecule has 0 spiro atoms. The van der Waals surface area contributed by atoms with E-state index in [1.807, 2.05) is 24.3 Å². The average molecular weight is 447 g/mol. The van der Waals surface area contributed by atoms with Gasteiger partial charge in [-0.25, -0.2) is 0 Å². The first-order valence-electron chi connectivity index (χ1n) is 10.2. The highest BCUT2D eigenvalue weighted by Gasteiger charge is 2.24. The van der Waals surface area contributed by atoms with Gasteiger partial charge < -0.3 is 24.3 Å². The SMILES string of the molecule is COCCOc1cc([N+](=O)[O-])c(C(=O)NCCOc2ccc(C(C)(C)C)cc2)cc1OC. The van der Waals surface area contributed by atoms with Gasteiger partial charge in [0.05, 0.1) is 31.3 Å². The van der Waals surface area contributed by atoms with Crippen molar-refractivity contribution in [2.75, 3.05) is 40.6 Å². The van der Waals surface area contributed by atoms with E-state index in [9.17, 15) is 14.9 Å². The van der Waals surface area contributed by atoms with E-state index in [-0.39, 0.29) is 47.9 Å². The normalized spacial score (nSPS) is 11.0. The Morgan fingerprint density at radius 3 is 2.25 bits per heavy atom. The molecule has 2 aromatic carbocycles. The second-order valence-corrected chi connectivity index (χ2v) is 8.00. The smallest absolute Gasteiger partial charge is 0.286 e. The number of benzene rings is 2. The molecular weight excluding hydrogens is 416 g/mol. The molecule has 9 heteroatoms. The van der Waals surface area contributed by atoms with Gasteiger partial charge in [0.15, 0.2) is 11.5 Å². The Kier molecular flexibility index (Phi) is 8.83. The number of hydrogen-bond acceptors (Lipinski definition) is 7. The summed E-state index contributed by atoms with van der Waals surface area (Å²) in [6.45, 7) is 7.26. The van der Waals surface area contributed by atoms with Crippen molar-refractivity contribution in [1.29, 1.82) is 0 Å². The average Bonchev–Trinajstić information content (AvgIpc) is 2.76. The molecule has 0 heterocycles. The van der Waals surface area contributed by atoms with Crippen molar-refractivity contribution in [2.45, 2.75) is 26.2 Å². The van der Waals surface area contributed by atoms with Crippen LogP contribution in [0.1, 0.15) is 36.7 Å². The zero-order chi connectivity index (χ0) is 23.7. The van der Waals surface area contributed by atoms with Crippen molar-refractivity contribution in [3.8, 4) is 17.2 Å². The van der Waals surface area contributed by atoms with Gasteiger partial charge >= 0.3 is 0 Å². The quantitative estimate of drug-likeness (QED) is 0.318. The molecule has 174 valence electrons. The molecule has 0 aliphatic rings. The van der Waals surface area contributed by atoms with Gasteiger partial charge in [-0.1, -0.05) is 32.9 Å². The van der Waals surface area contributed by atoms with Gasteiger partial charge in [-0.15, -0.1) is 0 Å². The van der Waals surface area contributed by atoms with Crippen LogP contribution in [0, 0.1) is 10.1 Å². The van der Waals surface area contributed by atoms with Gasteiger partial charge in [0.1, 0.15) is 24.5 Å². The minimum Gasteiger partial charge on any atom is -0.493 e. The number of carbonyl (C=O) groups is 1. The molecule has 32 heavy (non-hydrogen) atoms. The summed E-state index contributed by atoms with van der Waals surface area (Å²) in [4.78, 5) is 23.5. The molecule has 0 atom stereocenters. The molecular formula is C23H30N2O7. The largest absolute Gasteiger partial charge is 0.493 e. The number of nitro groups is 1. The van der Waals surface area contributed by atoms with Crippen LogP contribution >= 0.6 is 0 Å². The molecule has 0 fully saturated rings. The van der Waals surface area contributed by atoms with E-state index >= 15 is 0 Å².